The molecular formula is C29H47NO3Si2. The summed E-state index contributed by atoms with van der Waals surface area (Å²) in [4.78, 5) is 2.51. The van der Waals surface area contributed by atoms with Crippen molar-refractivity contribution in [2.24, 2.45) is 5.92 Å². The second-order valence-corrected chi connectivity index (χ2v) is 24.0. The average molecular weight is 516 g/mol. The molecule has 0 radical (unpaired) electrons. The molecule has 2 aliphatic heterocycles. The lowest BCUT2D eigenvalue weighted by Crippen LogP contribution is -2.66. The zero-order valence-electron chi connectivity index (χ0n) is 24.8. The van der Waals surface area contributed by atoms with Crippen LogP contribution < -0.4 is 9.16 Å². The molecule has 4 nitrogen and oxygen atoms in total. The quantitative estimate of drug-likeness (QED) is 0.322. The van der Waals surface area contributed by atoms with Crippen molar-refractivity contribution in [2.75, 3.05) is 13.6 Å². The van der Waals surface area contributed by atoms with Crippen molar-refractivity contribution in [1.82, 2.24) is 4.90 Å². The molecule has 35 heavy (non-hydrogen) atoms. The topological polar surface area (TPSA) is 30.9 Å². The van der Waals surface area contributed by atoms with Gasteiger partial charge in [0.25, 0.3) is 8.32 Å². The summed E-state index contributed by atoms with van der Waals surface area (Å²) in [5.74, 6) is 2.07. The van der Waals surface area contributed by atoms with Crippen LogP contribution in [0.25, 0.3) is 0 Å². The molecule has 0 N–H and O–H groups in total. The maximum Gasteiger partial charge on any atom is 0.250 e. The highest BCUT2D eigenvalue weighted by Crippen LogP contribution is 2.63. The predicted octanol–water partition coefficient (Wildman–Crippen LogP) is 6.91. The van der Waals surface area contributed by atoms with Crippen LogP contribution in [0, 0.1) is 5.92 Å². The highest BCUT2D eigenvalue weighted by molar-refractivity contribution is 6.75. The molecule has 6 heteroatoms. The Morgan fingerprint density at radius 1 is 1.06 bits per heavy atom. The van der Waals surface area contributed by atoms with Crippen LogP contribution in [0.15, 0.2) is 24.3 Å². The standard InChI is InChI=1S/C29H47NO3Si2/c1-27(2,3)34(8,9)32-22-14-12-19-18-21-20-13-15-23(33-35(10,11)28(4,5)6)26-29(20,16-17-30(21)7)24(19)25(22)31-26/h12-15,20-21,23,26H,16-18H2,1-11H3/t20-,21+,23-,26-,29-/m0/s1/i12T. The summed E-state index contributed by atoms with van der Waals surface area (Å²) in [5, 5.41) is 0.191. The van der Waals surface area contributed by atoms with E-state index in [-0.39, 0.29) is 27.7 Å². The van der Waals surface area contributed by atoms with Gasteiger partial charge in [0.15, 0.2) is 14.1 Å². The Hall–Kier alpha value is -1.09. The number of hydrogen-bond donors (Lipinski definition) is 0. The molecule has 1 fully saturated rings. The fourth-order valence-corrected chi connectivity index (χ4v) is 8.48. The molecule has 2 bridgehead atoms. The van der Waals surface area contributed by atoms with Gasteiger partial charge < -0.3 is 18.5 Å². The number of piperidine rings is 1. The van der Waals surface area contributed by atoms with E-state index in [4.69, 9.17) is 15.0 Å². The van der Waals surface area contributed by atoms with Gasteiger partial charge in [0.1, 0.15) is 18.0 Å². The molecule has 2 heterocycles. The van der Waals surface area contributed by atoms with E-state index in [1.54, 1.807) is 0 Å². The van der Waals surface area contributed by atoms with Gasteiger partial charge in [0.2, 0.25) is 0 Å². The van der Waals surface area contributed by atoms with Crippen molar-refractivity contribution in [3.8, 4) is 11.5 Å². The maximum atomic E-state index is 9.11. The summed E-state index contributed by atoms with van der Waals surface area (Å²) in [6, 6.07) is 2.96. The molecule has 5 rings (SSSR count). The van der Waals surface area contributed by atoms with Crippen LogP contribution in [0.5, 0.6) is 11.5 Å². The van der Waals surface area contributed by atoms with Gasteiger partial charge in [-0.1, -0.05) is 59.7 Å². The monoisotopic (exact) mass is 515 g/mol. The Morgan fingerprint density at radius 2 is 1.71 bits per heavy atom. The number of rotatable bonds is 4. The SMILES string of the molecule is [3H]c1cc(O[Si](C)(C)C(C)(C)C)c2c3c1C[C@@H]1[C@@H]4C=C[C@H](O[Si](C)(C)C(C)(C)C)[C@H](O2)[C@]34CCN1C. The van der Waals surface area contributed by atoms with E-state index in [1.807, 2.05) is 6.07 Å². The van der Waals surface area contributed by atoms with Gasteiger partial charge in [-0.05, 0) is 74.3 Å². The number of likely N-dealkylation sites (N-methyl/N-ethyl adjacent to an activating group) is 1. The minimum Gasteiger partial charge on any atom is -0.541 e. The van der Waals surface area contributed by atoms with E-state index >= 15 is 0 Å². The third kappa shape index (κ3) is 3.64. The highest BCUT2D eigenvalue weighted by atomic mass is 28.4. The average Bonchev–Trinajstić information content (AvgIpc) is 3.07. The molecular weight excluding hydrogens is 466 g/mol. The Morgan fingerprint density at radius 3 is 2.34 bits per heavy atom. The molecule has 194 valence electrons. The summed E-state index contributed by atoms with van der Waals surface area (Å²) in [5.41, 5.74) is 2.30. The van der Waals surface area contributed by atoms with Crippen LogP contribution in [0.4, 0.5) is 0 Å². The largest absolute Gasteiger partial charge is 0.541 e. The van der Waals surface area contributed by atoms with Crippen molar-refractivity contribution in [3.05, 3.63) is 35.4 Å². The molecule has 5 atom stereocenters. The lowest BCUT2D eigenvalue weighted by molar-refractivity contribution is -0.0414. The van der Waals surface area contributed by atoms with Crippen LogP contribution in [-0.2, 0) is 16.3 Å². The first-order valence-electron chi connectivity index (χ1n) is 14.0. The van der Waals surface area contributed by atoms with Gasteiger partial charge in [-0.25, -0.2) is 0 Å². The number of hydrogen-bond acceptors (Lipinski definition) is 4. The fourth-order valence-electron chi connectivity index (χ4n) is 6.23. The van der Waals surface area contributed by atoms with E-state index in [2.05, 4.69) is 91.8 Å². The lowest BCUT2D eigenvalue weighted by atomic mass is 9.53. The molecule has 0 aromatic heterocycles. The van der Waals surface area contributed by atoms with Crippen molar-refractivity contribution >= 4 is 16.6 Å². The summed E-state index contributed by atoms with van der Waals surface area (Å²) in [6.07, 6.45) is 6.53. The second-order valence-electron chi connectivity index (χ2n) is 14.5. The normalized spacial score (nSPS) is 32.7. The van der Waals surface area contributed by atoms with Crippen molar-refractivity contribution in [3.63, 3.8) is 0 Å². The summed E-state index contributed by atoms with van der Waals surface area (Å²) in [7, 11) is -1.89. The van der Waals surface area contributed by atoms with E-state index < -0.39 is 16.6 Å². The Bertz CT molecular complexity index is 1100. The Balaban J connectivity index is 1.67. The zero-order chi connectivity index (χ0) is 26.6. The lowest BCUT2D eigenvalue weighted by Gasteiger charge is -2.57. The first-order chi connectivity index (χ1) is 16.4. The molecule has 1 aromatic carbocycles. The molecule has 2 aliphatic carbocycles. The molecule has 1 aromatic rings. The van der Waals surface area contributed by atoms with Crippen LogP contribution in [0.3, 0.4) is 0 Å². The summed E-state index contributed by atoms with van der Waals surface area (Å²) in [6.45, 7) is 24.0. The summed E-state index contributed by atoms with van der Waals surface area (Å²) < 4.78 is 30.1. The van der Waals surface area contributed by atoms with Gasteiger partial charge >= 0.3 is 0 Å². The first-order valence-corrected chi connectivity index (χ1v) is 19.3. The molecule has 1 spiro atoms. The van der Waals surface area contributed by atoms with Gasteiger partial charge in [0.05, 0.1) is 1.37 Å². The number of nitrogens with zero attached hydrogens (tertiary/aromatic N) is 1. The van der Waals surface area contributed by atoms with Crippen molar-refractivity contribution in [1.29, 1.82) is 0 Å². The molecule has 0 saturated carbocycles. The zero-order valence-corrected chi connectivity index (χ0v) is 25.8. The smallest absolute Gasteiger partial charge is 0.250 e. The summed E-state index contributed by atoms with van der Waals surface area (Å²) >= 11 is 0. The van der Waals surface area contributed by atoms with E-state index in [0.29, 0.717) is 18.0 Å². The molecule has 0 unspecified atom stereocenters. The third-order valence-corrected chi connectivity index (χ3v) is 19.2. The molecule has 1 saturated heterocycles. The highest BCUT2D eigenvalue weighted by Gasteiger charge is 2.65. The van der Waals surface area contributed by atoms with Crippen LogP contribution in [-0.4, -0.2) is 53.4 Å². The van der Waals surface area contributed by atoms with Gasteiger partial charge in [-0.15, -0.1) is 0 Å². The third-order valence-electron chi connectivity index (χ3n) is 10.4. The molecule has 4 aliphatic rings. The van der Waals surface area contributed by atoms with Crippen LogP contribution in [0.1, 0.15) is 60.5 Å². The van der Waals surface area contributed by atoms with Gasteiger partial charge in [-0.2, -0.15) is 0 Å². The van der Waals surface area contributed by atoms with E-state index in [9.17, 15) is 0 Å². The maximum absolute atomic E-state index is 9.11. The predicted molar refractivity (Wildman–Crippen MR) is 150 cm³/mol. The molecule has 0 amide bonds. The Kier molecular flexibility index (Phi) is 5.35. The second kappa shape index (κ2) is 7.72. The first kappa shape index (κ1) is 24.3. The van der Waals surface area contributed by atoms with Gasteiger partial charge in [-0.3, -0.25) is 0 Å². The van der Waals surface area contributed by atoms with E-state index in [1.165, 1.54) is 11.1 Å². The number of benzene rings is 1. The minimum atomic E-state index is -2.11. The van der Waals surface area contributed by atoms with Gasteiger partial charge in [0, 0.05) is 22.9 Å². The Labute approximate surface area is 217 Å². The fraction of sp³-hybridized carbons (Fsp3) is 0.724. The van der Waals surface area contributed by atoms with Crippen LogP contribution >= 0.6 is 0 Å². The van der Waals surface area contributed by atoms with Crippen LogP contribution in [0.2, 0.25) is 36.3 Å². The van der Waals surface area contributed by atoms with E-state index in [0.717, 1.165) is 30.9 Å². The van der Waals surface area contributed by atoms with Crippen molar-refractivity contribution < 1.29 is 15.0 Å². The number of ether oxygens (including phenoxy) is 1. The minimum absolute atomic E-state index is 0.0676. The van der Waals surface area contributed by atoms with Crippen molar-refractivity contribution in [2.45, 2.75) is 114 Å². The number of likely N-dealkylation sites (tertiary alicyclic amines) is 1.